The number of likely N-dealkylation sites (tertiary alicyclic amines) is 1. The van der Waals surface area contributed by atoms with Gasteiger partial charge in [0.15, 0.2) is 0 Å². The Morgan fingerprint density at radius 3 is 2.95 bits per heavy atom. The zero-order valence-electron chi connectivity index (χ0n) is 12.1. The molecule has 2 aliphatic heterocycles. The molecule has 3 heteroatoms. The van der Waals surface area contributed by atoms with E-state index >= 15 is 0 Å². The van der Waals surface area contributed by atoms with Gasteiger partial charge in [0, 0.05) is 31.7 Å². The number of amides is 1. The molecule has 106 valence electrons. The second-order valence-electron chi connectivity index (χ2n) is 5.79. The summed E-state index contributed by atoms with van der Waals surface area (Å²) in [5.74, 6) is 0.319. The molecule has 1 fully saturated rings. The van der Waals surface area contributed by atoms with Crippen LogP contribution in [0.15, 0.2) is 30.9 Å². The number of nitrogens with zero attached hydrogens (tertiary/aromatic N) is 2. The molecule has 0 bridgehead atoms. The number of rotatable bonds is 3. The number of benzene rings is 1. The minimum absolute atomic E-state index is 0.265. The lowest BCUT2D eigenvalue weighted by Gasteiger charge is -2.39. The molecule has 3 nitrogen and oxygen atoms in total. The van der Waals surface area contributed by atoms with Crippen LogP contribution in [0.25, 0.3) is 0 Å². The molecule has 1 aromatic rings. The Bertz CT molecular complexity index is 538. The monoisotopic (exact) mass is 270 g/mol. The molecule has 0 saturated carbocycles. The van der Waals surface area contributed by atoms with Crippen LogP contribution in [0.1, 0.15) is 36.4 Å². The standard InChI is InChI=1S/C17H22N2O/c1-3-9-18-11-8-16(19-10-4-5-17(19)20)14-12-13(2)6-7-15(14)18/h3,6-7,12,16H,1,4-5,8-11H2,2H3. The molecule has 0 aliphatic carbocycles. The van der Waals surface area contributed by atoms with Crippen LogP contribution in [0.2, 0.25) is 0 Å². The molecule has 3 rings (SSSR count). The maximum atomic E-state index is 12.1. The first-order valence-corrected chi connectivity index (χ1v) is 7.46. The second kappa shape index (κ2) is 5.31. The lowest BCUT2D eigenvalue weighted by molar-refractivity contribution is -0.130. The van der Waals surface area contributed by atoms with Crippen molar-refractivity contribution in [3.05, 3.63) is 42.0 Å². The number of hydrogen-bond donors (Lipinski definition) is 0. The third-order valence-electron chi connectivity index (χ3n) is 4.39. The van der Waals surface area contributed by atoms with Gasteiger partial charge in [0.2, 0.25) is 5.91 Å². The van der Waals surface area contributed by atoms with E-state index in [2.05, 4.69) is 41.5 Å². The predicted octanol–water partition coefficient (Wildman–Crippen LogP) is 3.05. The van der Waals surface area contributed by atoms with Crippen LogP contribution in [0.5, 0.6) is 0 Å². The SMILES string of the molecule is C=CCN1CCC(N2CCCC2=O)c2cc(C)ccc21. The Kier molecular flexibility index (Phi) is 3.51. The molecule has 2 heterocycles. The molecule has 0 radical (unpaired) electrons. The third-order valence-corrected chi connectivity index (χ3v) is 4.39. The van der Waals surface area contributed by atoms with Gasteiger partial charge in [0.1, 0.15) is 0 Å². The van der Waals surface area contributed by atoms with E-state index in [1.165, 1.54) is 16.8 Å². The van der Waals surface area contributed by atoms with E-state index in [1.807, 2.05) is 6.08 Å². The largest absolute Gasteiger partial charge is 0.367 e. The first kappa shape index (κ1) is 13.2. The van der Waals surface area contributed by atoms with E-state index in [1.54, 1.807) is 0 Å². The maximum Gasteiger partial charge on any atom is 0.223 e. The second-order valence-corrected chi connectivity index (χ2v) is 5.79. The number of aryl methyl sites for hydroxylation is 1. The predicted molar refractivity (Wildman–Crippen MR) is 81.9 cm³/mol. The summed E-state index contributed by atoms with van der Waals surface area (Å²) >= 11 is 0. The van der Waals surface area contributed by atoms with Crippen LogP contribution in [-0.4, -0.2) is 30.4 Å². The molecule has 1 atom stereocenters. The van der Waals surface area contributed by atoms with E-state index in [0.717, 1.165) is 32.5 Å². The zero-order valence-corrected chi connectivity index (χ0v) is 12.1. The number of anilines is 1. The topological polar surface area (TPSA) is 23.6 Å². The van der Waals surface area contributed by atoms with Gasteiger partial charge in [-0.1, -0.05) is 23.8 Å². The van der Waals surface area contributed by atoms with Crippen LogP contribution in [0, 0.1) is 6.92 Å². The van der Waals surface area contributed by atoms with Gasteiger partial charge in [-0.15, -0.1) is 6.58 Å². The first-order valence-electron chi connectivity index (χ1n) is 7.46. The Labute approximate surface area is 120 Å². The Morgan fingerprint density at radius 1 is 1.40 bits per heavy atom. The fourth-order valence-electron chi connectivity index (χ4n) is 3.45. The molecule has 1 saturated heterocycles. The lowest BCUT2D eigenvalue weighted by Crippen LogP contribution is -2.38. The van der Waals surface area contributed by atoms with Gasteiger partial charge < -0.3 is 9.80 Å². The summed E-state index contributed by atoms with van der Waals surface area (Å²) in [7, 11) is 0. The molecule has 20 heavy (non-hydrogen) atoms. The average Bonchev–Trinajstić information content (AvgIpc) is 2.85. The van der Waals surface area contributed by atoms with Crippen LogP contribution >= 0.6 is 0 Å². The number of carbonyl (C=O) groups excluding carboxylic acids is 1. The fraction of sp³-hybridized carbons (Fsp3) is 0.471. The number of fused-ring (bicyclic) bond motifs is 1. The van der Waals surface area contributed by atoms with Crippen molar-refractivity contribution in [3.8, 4) is 0 Å². The number of hydrogen-bond acceptors (Lipinski definition) is 2. The number of carbonyl (C=O) groups is 1. The molecule has 0 aromatic heterocycles. The Morgan fingerprint density at radius 2 is 2.25 bits per heavy atom. The normalized spacial score (nSPS) is 22.1. The van der Waals surface area contributed by atoms with Gasteiger partial charge in [0.05, 0.1) is 6.04 Å². The van der Waals surface area contributed by atoms with Crippen molar-refractivity contribution in [2.45, 2.75) is 32.2 Å². The van der Waals surface area contributed by atoms with Gasteiger partial charge in [0.25, 0.3) is 0 Å². The Hall–Kier alpha value is -1.77. The van der Waals surface area contributed by atoms with Crippen LogP contribution in [0.3, 0.4) is 0 Å². The van der Waals surface area contributed by atoms with Crippen LogP contribution in [0.4, 0.5) is 5.69 Å². The van der Waals surface area contributed by atoms with Gasteiger partial charge in [-0.25, -0.2) is 0 Å². The van der Waals surface area contributed by atoms with E-state index < -0.39 is 0 Å². The van der Waals surface area contributed by atoms with E-state index in [9.17, 15) is 4.79 Å². The highest BCUT2D eigenvalue weighted by atomic mass is 16.2. The van der Waals surface area contributed by atoms with Crippen molar-refractivity contribution in [2.24, 2.45) is 0 Å². The maximum absolute atomic E-state index is 12.1. The third kappa shape index (κ3) is 2.21. The van der Waals surface area contributed by atoms with Crippen LogP contribution < -0.4 is 4.90 Å². The molecule has 1 unspecified atom stereocenters. The summed E-state index contributed by atoms with van der Waals surface area (Å²) < 4.78 is 0. The van der Waals surface area contributed by atoms with Crippen molar-refractivity contribution < 1.29 is 4.79 Å². The molecule has 1 aromatic carbocycles. The van der Waals surface area contributed by atoms with E-state index in [0.29, 0.717) is 12.3 Å². The Balaban J connectivity index is 1.98. The van der Waals surface area contributed by atoms with Crippen molar-refractivity contribution in [1.29, 1.82) is 0 Å². The summed E-state index contributed by atoms with van der Waals surface area (Å²) in [6, 6.07) is 6.87. The molecular weight excluding hydrogens is 248 g/mol. The van der Waals surface area contributed by atoms with E-state index in [-0.39, 0.29) is 6.04 Å². The van der Waals surface area contributed by atoms with Crippen LogP contribution in [-0.2, 0) is 4.79 Å². The van der Waals surface area contributed by atoms with E-state index in [4.69, 9.17) is 0 Å². The van der Waals surface area contributed by atoms with Gasteiger partial charge in [-0.3, -0.25) is 4.79 Å². The van der Waals surface area contributed by atoms with Crippen molar-refractivity contribution in [1.82, 2.24) is 4.90 Å². The molecule has 1 amide bonds. The molecule has 2 aliphatic rings. The summed E-state index contributed by atoms with van der Waals surface area (Å²) in [6.45, 7) is 8.75. The minimum Gasteiger partial charge on any atom is -0.367 e. The molecule has 0 spiro atoms. The van der Waals surface area contributed by atoms with Gasteiger partial charge >= 0.3 is 0 Å². The zero-order chi connectivity index (χ0) is 14.1. The quantitative estimate of drug-likeness (QED) is 0.788. The molecule has 0 N–H and O–H groups in total. The highest BCUT2D eigenvalue weighted by Gasteiger charge is 2.33. The highest BCUT2D eigenvalue weighted by molar-refractivity contribution is 5.79. The summed E-state index contributed by atoms with van der Waals surface area (Å²) in [5.41, 5.74) is 3.85. The smallest absolute Gasteiger partial charge is 0.223 e. The summed E-state index contributed by atoms with van der Waals surface area (Å²) in [5, 5.41) is 0. The van der Waals surface area contributed by atoms with Gasteiger partial charge in [-0.2, -0.15) is 0 Å². The first-order chi connectivity index (χ1) is 9.70. The molecular formula is C17H22N2O. The van der Waals surface area contributed by atoms with Crippen molar-refractivity contribution >= 4 is 11.6 Å². The highest BCUT2D eigenvalue weighted by Crippen LogP contribution is 2.39. The lowest BCUT2D eigenvalue weighted by atomic mass is 9.93. The minimum atomic E-state index is 0.265. The summed E-state index contributed by atoms with van der Waals surface area (Å²) in [4.78, 5) is 16.5. The van der Waals surface area contributed by atoms with Crippen molar-refractivity contribution in [3.63, 3.8) is 0 Å². The summed E-state index contributed by atoms with van der Waals surface area (Å²) in [6.07, 6.45) is 4.70. The van der Waals surface area contributed by atoms with Crippen molar-refractivity contribution in [2.75, 3.05) is 24.5 Å². The average molecular weight is 270 g/mol. The fourth-order valence-corrected chi connectivity index (χ4v) is 3.45. The van der Waals surface area contributed by atoms with Gasteiger partial charge in [-0.05, 0) is 31.4 Å².